The smallest absolute Gasteiger partial charge is 0.414 e. The van der Waals surface area contributed by atoms with Crippen LogP contribution in [0.15, 0.2) is 42.5 Å². The van der Waals surface area contributed by atoms with Gasteiger partial charge in [0, 0.05) is 24.2 Å². The largest absolute Gasteiger partial charge is 0.493 e. The highest BCUT2D eigenvalue weighted by Gasteiger charge is 2.40. The van der Waals surface area contributed by atoms with E-state index < -0.39 is 12.2 Å². The summed E-state index contributed by atoms with van der Waals surface area (Å²) in [6, 6.07) is 13.3. The number of hydrogen-bond acceptors (Lipinski definition) is 6. The molecular formula is C26H34N2O6. The zero-order valence-electron chi connectivity index (χ0n) is 20.6. The number of hydrogen-bond donors (Lipinski definition) is 0. The lowest BCUT2D eigenvalue weighted by Gasteiger charge is -2.42. The number of rotatable bonds is 8. The summed E-state index contributed by atoms with van der Waals surface area (Å²) in [5, 5.41) is 0. The van der Waals surface area contributed by atoms with E-state index in [1.54, 1.807) is 37.0 Å². The summed E-state index contributed by atoms with van der Waals surface area (Å²) in [5.74, 6) is 1.02. The van der Waals surface area contributed by atoms with Gasteiger partial charge in [-0.2, -0.15) is 0 Å². The lowest BCUT2D eigenvalue weighted by molar-refractivity contribution is 0.0972. The highest BCUT2D eigenvalue weighted by atomic mass is 16.6. The minimum atomic E-state index is -0.435. The summed E-state index contributed by atoms with van der Waals surface area (Å²) in [7, 11) is 4.50. The zero-order chi connectivity index (χ0) is 24.7. The van der Waals surface area contributed by atoms with Gasteiger partial charge in [-0.05, 0) is 44.7 Å². The second-order valence-electron chi connectivity index (χ2n) is 8.19. The van der Waals surface area contributed by atoms with Gasteiger partial charge in [0.15, 0.2) is 11.5 Å². The molecule has 184 valence electrons. The van der Waals surface area contributed by atoms with Gasteiger partial charge in [0.1, 0.15) is 0 Å². The Morgan fingerprint density at radius 1 is 1.06 bits per heavy atom. The van der Waals surface area contributed by atoms with Gasteiger partial charge in [-0.1, -0.05) is 30.3 Å². The Hall–Kier alpha value is -3.42. The number of aryl methyl sites for hydroxylation is 1. The molecule has 1 heterocycles. The molecule has 0 saturated heterocycles. The predicted octanol–water partition coefficient (Wildman–Crippen LogP) is 5.20. The molecule has 2 aromatic rings. The zero-order valence-corrected chi connectivity index (χ0v) is 20.6. The van der Waals surface area contributed by atoms with Crippen molar-refractivity contribution in [2.75, 3.05) is 39.4 Å². The quantitative estimate of drug-likeness (QED) is 0.528. The third kappa shape index (κ3) is 5.38. The first-order valence-corrected chi connectivity index (χ1v) is 11.6. The second-order valence-corrected chi connectivity index (χ2v) is 8.19. The molecule has 34 heavy (non-hydrogen) atoms. The molecule has 0 aromatic heterocycles. The third-order valence-electron chi connectivity index (χ3n) is 6.11. The number of amides is 2. The Bertz CT molecular complexity index is 981. The molecule has 0 bridgehead atoms. The summed E-state index contributed by atoms with van der Waals surface area (Å²) >= 11 is 0. The lowest BCUT2D eigenvalue weighted by atomic mass is 9.90. The van der Waals surface area contributed by atoms with Crippen LogP contribution in [-0.4, -0.2) is 57.6 Å². The number of methoxy groups -OCH3 is 3. The van der Waals surface area contributed by atoms with Gasteiger partial charge in [-0.25, -0.2) is 9.59 Å². The van der Waals surface area contributed by atoms with Gasteiger partial charge < -0.3 is 23.8 Å². The second kappa shape index (κ2) is 11.6. The minimum Gasteiger partial charge on any atom is -0.493 e. The normalized spacial score (nSPS) is 16.9. The van der Waals surface area contributed by atoms with E-state index in [-0.39, 0.29) is 18.7 Å². The van der Waals surface area contributed by atoms with Crippen molar-refractivity contribution in [3.8, 4) is 11.5 Å². The van der Waals surface area contributed by atoms with Crippen LogP contribution in [0, 0.1) is 0 Å². The van der Waals surface area contributed by atoms with Crippen LogP contribution < -0.4 is 14.4 Å². The molecule has 1 aliphatic heterocycles. The maximum Gasteiger partial charge on any atom is 0.414 e. The highest BCUT2D eigenvalue weighted by Crippen LogP contribution is 2.46. The number of nitrogens with zero attached hydrogens (tertiary/aromatic N) is 2. The van der Waals surface area contributed by atoms with Gasteiger partial charge in [0.25, 0.3) is 0 Å². The summed E-state index contributed by atoms with van der Waals surface area (Å²) in [6.45, 7) is 4.49. The Balaban J connectivity index is 1.99. The van der Waals surface area contributed by atoms with Gasteiger partial charge in [-0.15, -0.1) is 0 Å². The van der Waals surface area contributed by atoms with E-state index in [0.717, 1.165) is 18.4 Å². The molecule has 2 atom stereocenters. The molecule has 0 unspecified atom stereocenters. The molecule has 0 N–H and O–H groups in total. The Kier molecular flexibility index (Phi) is 8.62. The molecule has 0 aliphatic carbocycles. The number of benzene rings is 2. The van der Waals surface area contributed by atoms with Crippen LogP contribution in [0.4, 0.5) is 15.3 Å². The average Bonchev–Trinajstić information content (AvgIpc) is 2.85. The molecule has 3 rings (SSSR count). The molecule has 2 aromatic carbocycles. The fraction of sp³-hybridized carbons (Fsp3) is 0.462. The van der Waals surface area contributed by atoms with Gasteiger partial charge in [-0.3, -0.25) is 4.90 Å². The van der Waals surface area contributed by atoms with E-state index in [1.807, 2.05) is 31.2 Å². The monoisotopic (exact) mass is 470 g/mol. The summed E-state index contributed by atoms with van der Waals surface area (Å²) in [5.41, 5.74) is 2.63. The fourth-order valence-corrected chi connectivity index (χ4v) is 4.51. The number of ether oxygens (including phenoxy) is 4. The maximum absolute atomic E-state index is 12.9. The molecule has 0 radical (unpaired) electrons. The van der Waals surface area contributed by atoms with Gasteiger partial charge in [0.2, 0.25) is 0 Å². The van der Waals surface area contributed by atoms with E-state index >= 15 is 0 Å². The van der Waals surface area contributed by atoms with Crippen LogP contribution in [0.3, 0.4) is 0 Å². The van der Waals surface area contributed by atoms with Crippen molar-refractivity contribution in [3.63, 3.8) is 0 Å². The maximum atomic E-state index is 12.9. The van der Waals surface area contributed by atoms with Crippen molar-refractivity contribution in [1.82, 2.24) is 4.90 Å². The molecule has 1 aliphatic rings. The van der Waals surface area contributed by atoms with E-state index in [9.17, 15) is 9.59 Å². The SMILES string of the molecule is CCOC(=O)N1c2cc(OC)c(OC)cc2[C@H](N(CCCc2ccccc2)C(=O)OC)C[C@@H]1C. The Morgan fingerprint density at radius 2 is 1.74 bits per heavy atom. The van der Waals surface area contributed by atoms with Crippen LogP contribution in [0.2, 0.25) is 0 Å². The molecular weight excluding hydrogens is 436 g/mol. The van der Waals surface area contributed by atoms with E-state index in [1.165, 1.54) is 12.7 Å². The highest BCUT2D eigenvalue weighted by molar-refractivity contribution is 5.91. The van der Waals surface area contributed by atoms with E-state index in [2.05, 4.69) is 12.1 Å². The number of carbonyl (C=O) groups excluding carboxylic acids is 2. The molecule has 0 fully saturated rings. The summed E-state index contributed by atoms with van der Waals surface area (Å²) in [6.07, 6.45) is 1.30. The van der Waals surface area contributed by atoms with Crippen LogP contribution in [0.25, 0.3) is 0 Å². The van der Waals surface area contributed by atoms with Crippen molar-refractivity contribution < 1.29 is 28.5 Å². The molecule has 2 amide bonds. The number of fused-ring (bicyclic) bond motifs is 1. The number of anilines is 1. The standard InChI is InChI=1S/C26H34N2O6/c1-6-34-26(30)28-18(2)15-21(20-16-23(31-3)24(32-4)17-22(20)28)27(25(29)33-5)14-10-13-19-11-8-7-9-12-19/h7-9,11-12,16-18,21H,6,10,13-15H2,1-5H3/t18-,21+/m0/s1. The van der Waals surface area contributed by atoms with Crippen molar-refractivity contribution in [2.24, 2.45) is 0 Å². The first-order chi connectivity index (χ1) is 16.4. The predicted molar refractivity (Wildman–Crippen MR) is 130 cm³/mol. The van der Waals surface area contributed by atoms with Crippen molar-refractivity contribution in [3.05, 3.63) is 53.6 Å². The van der Waals surface area contributed by atoms with E-state index in [0.29, 0.717) is 30.2 Å². The first kappa shape index (κ1) is 25.2. The van der Waals surface area contributed by atoms with Gasteiger partial charge >= 0.3 is 12.2 Å². The lowest BCUT2D eigenvalue weighted by Crippen LogP contribution is -2.48. The van der Waals surface area contributed by atoms with Crippen molar-refractivity contribution in [1.29, 1.82) is 0 Å². The first-order valence-electron chi connectivity index (χ1n) is 11.6. The topological polar surface area (TPSA) is 77.5 Å². The molecule has 8 heteroatoms. The third-order valence-corrected chi connectivity index (χ3v) is 6.11. The van der Waals surface area contributed by atoms with Crippen molar-refractivity contribution in [2.45, 2.75) is 45.2 Å². The molecule has 0 saturated carbocycles. The van der Waals surface area contributed by atoms with Gasteiger partial charge in [0.05, 0.1) is 39.7 Å². The van der Waals surface area contributed by atoms with Crippen LogP contribution in [0.1, 0.15) is 43.9 Å². The fourth-order valence-electron chi connectivity index (χ4n) is 4.51. The van der Waals surface area contributed by atoms with Crippen LogP contribution in [0.5, 0.6) is 11.5 Å². The minimum absolute atomic E-state index is 0.212. The Labute approximate surface area is 201 Å². The molecule has 0 spiro atoms. The van der Waals surface area contributed by atoms with Crippen LogP contribution >= 0.6 is 0 Å². The summed E-state index contributed by atoms with van der Waals surface area (Å²) in [4.78, 5) is 29.1. The molecule has 8 nitrogen and oxygen atoms in total. The Morgan fingerprint density at radius 3 is 2.35 bits per heavy atom. The number of carbonyl (C=O) groups is 2. The van der Waals surface area contributed by atoms with E-state index in [4.69, 9.17) is 18.9 Å². The average molecular weight is 471 g/mol. The van der Waals surface area contributed by atoms with Crippen molar-refractivity contribution >= 4 is 17.9 Å². The van der Waals surface area contributed by atoms with Crippen LogP contribution in [-0.2, 0) is 15.9 Å². The summed E-state index contributed by atoms with van der Waals surface area (Å²) < 4.78 is 21.5.